The van der Waals surface area contributed by atoms with Gasteiger partial charge in [-0.25, -0.2) is 4.39 Å². The van der Waals surface area contributed by atoms with E-state index in [0.29, 0.717) is 6.07 Å². The van der Waals surface area contributed by atoms with Crippen LogP contribution in [0.15, 0.2) is 30.5 Å². The van der Waals surface area contributed by atoms with Crippen molar-refractivity contribution in [2.24, 2.45) is 7.05 Å². The second-order valence-corrected chi connectivity index (χ2v) is 8.89. The first-order valence-corrected chi connectivity index (χ1v) is 11.2. The van der Waals surface area contributed by atoms with Crippen molar-refractivity contribution in [1.82, 2.24) is 24.9 Å². The van der Waals surface area contributed by atoms with Crippen LogP contribution in [0.25, 0.3) is 11.4 Å². The number of halogens is 4. The van der Waals surface area contributed by atoms with E-state index in [9.17, 15) is 17.6 Å². The third kappa shape index (κ3) is 4.77. The van der Waals surface area contributed by atoms with Crippen molar-refractivity contribution in [2.75, 3.05) is 25.0 Å². The van der Waals surface area contributed by atoms with Crippen molar-refractivity contribution >= 4 is 5.82 Å². The van der Waals surface area contributed by atoms with Gasteiger partial charge in [-0.15, -0.1) is 10.2 Å². The summed E-state index contributed by atoms with van der Waals surface area (Å²) >= 11 is 0. The summed E-state index contributed by atoms with van der Waals surface area (Å²) in [5.74, 6) is -0.0457. The predicted molar refractivity (Wildman–Crippen MR) is 122 cm³/mol. The Morgan fingerprint density at radius 3 is 2.38 bits per heavy atom. The largest absolute Gasteiger partial charge is 0.416 e. The van der Waals surface area contributed by atoms with E-state index in [0.717, 1.165) is 60.3 Å². The molecule has 0 aliphatic carbocycles. The van der Waals surface area contributed by atoms with Crippen molar-refractivity contribution < 1.29 is 17.6 Å². The van der Waals surface area contributed by atoms with Gasteiger partial charge in [0.2, 0.25) is 0 Å². The summed E-state index contributed by atoms with van der Waals surface area (Å²) in [7, 11) is 3.69. The molecule has 1 saturated heterocycles. The number of anilines is 1. The minimum absolute atomic E-state index is 0.0851. The summed E-state index contributed by atoms with van der Waals surface area (Å²) in [5, 5.41) is 13.2. The van der Waals surface area contributed by atoms with Crippen LogP contribution in [0.2, 0.25) is 0 Å². The van der Waals surface area contributed by atoms with Gasteiger partial charge in [-0.1, -0.05) is 6.07 Å². The summed E-state index contributed by atoms with van der Waals surface area (Å²) in [4.78, 5) is 4.11. The number of aryl methyl sites for hydroxylation is 1. The fourth-order valence-corrected chi connectivity index (χ4v) is 4.61. The van der Waals surface area contributed by atoms with Crippen LogP contribution in [0.1, 0.15) is 35.1 Å². The van der Waals surface area contributed by atoms with Gasteiger partial charge in [0, 0.05) is 38.9 Å². The lowest BCUT2D eigenvalue weighted by Crippen LogP contribution is -2.44. The Labute approximate surface area is 196 Å². The molecule has 0 bridgehead atoms. The molecule has 0 saturated carbocycles. The summed E-state index contributed by atoms with van der Waals surface area (Å²) in [6, 6.07) is 4.91. The Bertz CT molecular complexity index is 1160. The zero-order valence-electron chi connectivity index (χ0n) is 19.7. The molecule has 1 fully saturated rings. The van der Waals surface area contributed by atoms with Gasteiger partial charge in [-0.2, -0.15) is 18.3 Å². The number of nitrogens with zero attached hydrogens (tertiary/aromatic N) is 6. The van der Waals surface area contributed by atoms with Gasteiger partial charge < -0.3 is 4.90 Å². The second kappa shape index (κ2) is 9.32. The Hall–Kier alpha value is -3.01. The fourth-order valence-electron chi connectivity index (χ4n) is 4.61. The first-order chi connectivity index (χ1) is 16.1. The number of benzene rings is 1. The normalized spacial score (nSPS) is 15.4. The summed E-state index contributed by atoms with van der Waals surface area (Å²) < 4.78 is 55.3. The van der Waals surface area contributed by atoms with E-state index < -0.39 is 17.6 Å². The van der Waals surface area contributed by atoms with Crippen LogP contribution in [0, 0.1) is 19.7 Å². The fraction of sp³-hybridized carbons (Fsp3) is 0.458. The van der Waals surface area contributed by atoms with Crippen LogP contribution < -0.4 is 4.90 Å². The van der Waals surface area contributed by atoms with E-state index in [1.54, 1.807) is 10.9 Å². The van der Waals surface area contributed by atoms with Crippen LogP contribution in [-0.2, 0) is 19.8 Å². The minimum atomic E-state index is -4.59. The predicted octanol–water partition coefficient (Wildman–Crippen LogP) is 4.75. The highest BCUT2D eigenvalue weighted by Gasteiger charge is 2.34. The van der Waals surface area contributed by atoms with E-state index in [2.05, 4.69) is 20.2 Å². The van der Waals surface area contributed by atoms with Gasteiger partial charge in [-0.3, -0.25) is 9.58 Å². The third-order valence-electron chi connectivity index (χ3n) is 6.75. The zero-order valence-corrected chi connectivity index (χ0v) is 19.7. The van der Waals surface area contributed by atoms with E-state index in [1.165, 1.54) is 6.07 Å². The number of hydrogen-bond donors (Lipinski definition) is 0. The van der Waals surface area contributed by atoms with Crippen molar-refractivity contribution in [3.05, 3.63) is 58.5 Å². The number of hydrogen-bond acceptors (Lipinski definition) is 5. The lowest BCUT2D eigenvalue weighted by Gasteiger charge is -2.38. The van der Waals surface area contributed by atoms with Crippen molar-refractivity contribution in [1.29, 1.82) is 0 Å². The molecule has 0 unspecified atom stereocenters. The van der Waals surface area contributed by atoms with Gasteiger partial charge >= 0.3 is 6.18 Å². The molecule has 10 heteroatoms. The Kier molecular flexibility index (Phi) is 6.62. The molecule has 1 aliphatic heterocycles. The van der Waals surface area contributed by atoms with Crippen molar-refractivity contribution in [3.8, 4) is 11.4 Å². The second-order valence-electron chi connectivity index (χ2n) is 8.89. The smallest absolute Gasteiger partial charge is 0.355 e. The van der Waals surface area contributed by atoms with Gasteiger partial charge in [0.15, 0.2) is 5.82 Å². The lowest BCUT2D eigenvalue weighted by atomic mass is 10.00. The monoisotopic (exact) mass is 476 g/mol. The maximum atomic E-state index is 13.4. The third-order valence-corrected chi connectivity index (χ3v) is 6.75. The van der Waals surface area contributed by atoms with Crippen LogP contribution in [-0.4, -0.2) is 51.1 Å². The molecule has 1 aromatic carbocycles. The van der Waals surface area contributed by atoms with Crippen molar-refractivity contribution in [3.63, 3.8) is 0 Å². The highest BCUT2D eigenvalue weighted by atomic mass is 19.4. The molecule has 1 aliphatic rings. The lowest BCUT2D eigenvalue weighted by molar-refractivity contribution is -0.138. The molecule has 3 aromatic rings. The topological polar surface area (TPSA) is 50.1 Å². The summed E-state index contributed by atoms with van der Waals surface area (Å²) in [6.45, 7) is 5.62. The maximum absolute atomic E-state index is 13.4. The van der Waals surface area contributed by atoms with Gasteiger partial charge in [0.25, 0.3) is 0 Å². The molecule has 34 heavy (non-hydrogen) atoms. The van der Waals surface area contributed by atoms with E-state index in [-0.39, 0.29) is 18.2 Å². The summed E-state index contributed by atoms with van der Waals surface area (Å²) in [6.07, 6.45) is -1.30. The molecular weight excluding hydrogens is 448 g/mol. The van der Waals surface area contributed by atoms with Crippen LogP contribution in [0.4, 0.5) is 23.4 Å². The quantitative estimate of drug-likeness (QED) is 0.498. The van der Waals surface area contributed by atoms with Crippen molar-refractivity contribution in [2.45, 2.75) is 45.5 Å². The average Bonchev–Trinajstić information content (AvgIpc) is 3.22. The Morgan fingerprint density at radius 2 is 1.76 bits per heavy atom. The standard InChI is InChI=1S/C24H28F4N6/c1-15-16(2)23(31-30-22(15)21-7-10-29-33(21)4)34-11-8-19(9-12-34)32(3)14-17-5-6-18(25)13-20(17)24(26,27)28/h5-7,10,13,19H,8-9,11-12,14H2,1-4H3. The molecular formula is C24H28F4N6. The zero-order chi connectivity index (χ0) is 24.6. The average molecular weight is 477 g/mol. The maximum Gasteiger partial charge on any atom is 0.416 e. The minimum Gasteiger partial charge on any atom is -0.355 e. The molecule has 0 amide bonds. The SMILES string of the molecule is Cc1c(-c2ccnn2C)nnc(N2CCC(N(C)Cc3ccc(F)cc3C(F)(F)F)CC2)c1C. The molecule has 0 radical (unpaired) electrons. The number of aromatic nitrogens is 4. The van der Waals surface area contributed by atoms with E-state index in [1.807, 2.05) is 38.9 Å². The Morgan fingerprint density at radius 1 is 1.06 bits per heavy atom. The highest BCUT2D eigenvalue weighted by Crippen LogP contribution is 2.34. The first-order valence-electron chi connectivity index (χ1n) is 11.2. The molecule has 4 rings (SSSR count). The molecule has 6 nitrogen and oxygen atoms in total. The molecule has 0 spiro atoms. The molecule has 0 atom stereocenters. The van der Waals surface area contributed by atoms with E-state index >= 15 is 0 Å². The van der Waals surface area contributed by atoms with Crippen LogP contribution in [0.5, 0.6) is 0 Å². The number of alkyl halides is 3. The van der Waals surface area contributed by atoms with E-state index in [4.69, 9.17) is 0 Å². The number of piperidine rings is 1. The van der Waals surface area contributed by atoms with Crippen LogP contribution in [0.3, 0.4) is 0 Å². The molecule has 3 heterocycles. The van der Waals surface area contributed by atoms with Crippen LogP contribution >= 0.6 is 0 Å². The summed E-state index contributed by atoms with van der Waals surface area (Å²) in [5.41, 5.74) is 2.98. The Balaban J connectivity index is 1.44. The van der Waals surface area contributed by atoms with Gasteiger partial charge in [0.05, 0.1) is 11.3 Å². The number of rotatable bonds is 5. The first kappa shape index (κ1) is 24.1. The molecule has 0 N–H and O–H groups in total. The van der Waals surface area contributed by atoms with Gasteiger partial charge in [0.1, 0.15) is 11.5 Å². The van der Waals surface area contributed by atoms with Gasteiger partial charge in [-0.05, 0) is 68.6 Å². The molecule has 182 valence electrons. The highest BCUT2D eigenvalue weighted by molar-refractivity contribution is 5.64. The molecule has 2 aromatic heterocycles.